The van der Waals surface area contributed by atoms with E-state index in [0.29, 0.717) is 13.3 Å². The number of ether oxygens (including phenoxy) is 1. The van der Waals surface area contributed by atoms with Crippen molar-refractivity contribution >= 4 is 0 Å². The Hall–Kier alpha value is -0.120. The molecule has 0 bridgehead atoms. The van der Waals surface area contributed by atoms with Crippen LogP contribution in [0.15, 0.2) is 0 Å². The minimum Gasteiger partial charge on any atom is -0.369 e. The van der Waals surface area contributed by atoms with Crippen LogP contribution in [0.1, 0.15) is 6.92 Å². The van der Waals surface area contributed by atoms with Crippen molar-refractivity contribution in [2.75, 3.05) is 33.5 Å². The SMILES string of the molecule is CCN(CCN)COC. The summed E-state index contributed by atoms with van der Waals surface area (Å²) >= 11 is 0. The Morgan fingerprint density at radius 1 is 1.56 bits per heavy atom. The van der Waals surface area contributed by atoms with Gasteiger partial charge in [-0.25, -0.2) is 0 Å². The molecule has 0 aliphatic heterocycles. The van der Waals surface area contributed by atoms with Crippen molar-refractivity contribution in [2.24, 2.45) is 5.73 Å². The molecule has 0 aliphatic carbocycles. The van der Waals surface area contributed by atoms with Crippen molar-refractivity contribution in [1.29, 1.82) is 0 Å². The van der Waals surface area contributed by atoms with Crippen molar-refractivity contribution in [2.45, 2.75) is 6.92 Å². The van der Waals surface area contributed by atoms with Crippen LogP contribution in [0.25, 0.3) is 0 Å². The summed E-state index contributed by atoms with van der Waals surface area (Å²) < 4.78 is 4.92. The van der Waals surface area contributed by atoms with Crippen LogP contribution in [0, 0.1) is 0 Å². The third kappa shape index (κ3) is 4.39. The second kappa shape index (κ2) is 6.01. The van der Waals surface area contributed by atoms with Crippen molar-refractivity contribution in [3.8, 4) is 0 Å². The largest absolute Gasteiger partial charge is 0.369 e. The number of hydrogen-bond donors (Lipinski definition) is 1. The zero-order valence-electron chi connectivity index (χ0n) is 6.26. The van der Waals surface area contributed by atoms with Crippen LogP contribution < -0.4 is 5.73 Å². The number of rotatable bonds is 5. The van der Waals surface area contributed by atoms with Gasteiger partial charge >= 0.3 is 0 Å². The standard InChI is InChI=1S/C6H16N2O/c1-3-8(5-4-7)6-9-2/h3-7H2,1-2H3. The van der Waals surface area contributed by atoms with E-state index in [0.717, 1.165) is 13.1 Å². The summed E-state index contributed by atoms with van der Waals surface area (Å²) in [6.07, 6.45) is 0. The maximum absolute atomic E-state index is 5.34. The van der Waals surface area contributed by atoms with Crippen LogP contribution in [0.4, 0.5) is 0 Å². The molecule has 0 aromatic carbocycles. The summed E-state index contributed by atoms with van der Waals surface area (Å²) in [4.78, 5) is 2.14. The van der Waals surface area contributed by atoms with Gasteiger partial charge in [-0.2, -0.15) is 0 Å². The van der Waals surface area contributed by atoms with Crippen molar-refractivity contribution in [1.82, 2.24) is 4.90 Å². The number of hydrogen-bond acceptors (Lipinski definition) is 3. The van der Waals surface area contributed by atoms with Gasteiger partial charge in [0.2, 0.25) is 0 Å². The molecule has 0 unspecified atom stereocenters. The van der Waals surface area contributed by atoms with Gasteiger partial charge in [-0.05, 0) is 6.54 Å². The second-order valence-electron chi connectivity index (χ2n) is 1.92. The van der Waals surface area contributed by atoms with Crippen LogP contribution in [0.2, 0.25) is 0 Å². The molecule has 3 heteroatoms. The van der Waals surface area contributed by atoms with Gasteiger partial charge in [-0.15, -0.1) is 0 Å². The van der Waals surface area contributed by atoms with Crippen molar-refractivity contribution in [3.63, 3.8) is 0 Å². The van der Waals surface area contributed by atoms with Crippen molar-refractivity contribution < 1.29 is 4.74 Å². The maximum atomic E-state index is 5.34. The molecule has 0 saturated heterocycles. The highest BCUT2D eigenvalue weighted by atomic mass is 16.5. The minimum atomic E-state index is 0.688. The molecule has 0 amide bonds. The van der Waals surface area contributed by atoms with Gasteiger partial charge in [0, 0.05) is 20.2 Å². The molecule has 0 aromatic rings. The molecule has 0 rings (SSSR count). The number of nitrogens with zero attached hydrogens (tertiary/aromatic N) is 1. The molecule has 56 valence electrons. The summed E-state index contributed by atoms with van der Waals surface area (Å²) in [7, 11) is 1.69. The molecule has 9 heavy (non-hydrogen) atoms. The fourth-order valence-corrected chi connectivity index (χ4v) is 0.679. The zero-order chi connectivity index (χ0) is 7.11. The lowest BCUT2D eigenvalue weighted by Gasteiger charge is -2.17. The molecular weight excluding hydrogens is 116 g/mol. The third-order valence-corrected chi connectivity index (χ3v) is 1.20. The summed E-state index contributed by atoms with van der Waals surface area (Å²) in [6, 6.07) is 0. The molecule has 0 saturated carbocycles. The topological polar surface area (TPSA) is 38.5 Å². The summed E-state index contributed by atoms with van der Waals surface area (Å²) in [5, 5.41) is 0. The first-order valence-electron chi connectivity index (χ1n) is 3.26. The molecule has 0 aromatic heterocycles. The fraction of sp³-hybridized carbons (Fsp3) is 1.00. The van der Waals surface area contributed by atoms with Gasteiger partial charge in [-0.3, -0.25) is 4.90 Å². The first-order valence-corrected chi connectivity index (χ1v) is 3.26. The van der Waals surface area contributed by atoms with Crippen LogP contribution in [-0.4, -0.2) is 38.4 Å². The lowest BCUT2D eigenvalue weighted by atomic mass is 10.5. The van der Waals surface area contributed by atoms with E-state index in [-0.39, 0.29) is 0 Å². The van der Waals surface area contributed by atoms with Crippen molar-refractivity contribution in [3.05, 3.63) is 0 Å². The quantitative estimate of drug-likeness (QED) is 0.530. The predicted octanol–water partition coefficient (Wildman–Crippen LogP) is -0.129. The van der Waals surface area contributed by atoms with E-state index >= 15 is 0 Å². The number of nitrogens with two attached hydrogens (primary N) is 1. The monoisotopic (exact) mass is 132 g/mol. The Morgan fingerprint density at radius 2 is 2.22 bits per heavy atom. The molecule has 3 nitrogen and oxygen atoms in total. The van der Waals surface area contributed by atoms with E-state index in [2.05, 4.69) is 11.8 Å². The van der Waals surface area contributed by atoms with Crippen LogP contribution in [-0.2, 0) is 4.74 Å². The lowest BCUT2D eigenvalue weighted by molar-refractivity contribution is 0.0692. The molecular formula is C6H16N2O. The molecule has 0 spiro atoms. The van der Waals surface area contributed by atoms with Crippen LogP contribution in [0.5, 0.6) is 0 Å². The first-order chi connectivity index (χ1) is 4.35. The highest BCUT2D eigenvalue weighted by Gasteiger charge is 1.96. The number of likely N-dealkylation sites (N-methyl/N-ethyl adjacent to an activating group) is 1. The fourth-order valence-electron chi connectivity index (χ4n) is 0.679. The minimum absolute atomic E-state index is 0.688. The van der Waals surface area contributed by atoms with Gasteiger partial charge in [0.15, 0.2) is 0 Å². The predicted molar refractivity (Wildman–Crippen MR) is 38.2 cm³/mol. The lowest BCUT2D eigenvalue weighted by Crippen LogP contribution is -2.30. The van der Waals surface area contributed by atoms with E-state index < -0.39 is 0 Å². The van der Waals surface area contributed by atoms with Gasteiger partial charge in [-0.1, -0.05) is 6.92 Å². The maximum Gasteiger partial charge on any atom is 0.0986 e. The van der Waals surface area contributed by atoms with E-state index in [1.54, 1.807) is 7.11 Å². The average Bonchev–Trinajstić information content (AvgIpc) is 1.88. The van der Waals surface area contributed by atoms with Crippen LogP contribution >= 0.6 is 0 Å². The van der Waals surface area contributed by atoms with Gasteiger partial charge in [0.1, 0.15) is 0 Å². The van der Waals surface area contributed by atoms with E-state index in [4.69, 9.17) is 10.5 Å². The highest BCUT2D eigenvalue weighted by molar-refractivity contribution is 4.48. The summed E-state index contributed by atoms with van der Waals surface area (Å²) in [5.41, 5.74) is 5.34. The number of methoxy groups -OCH3 is 1. The molecule has 0 radical (unpaired) electrons. The molecule has 0 atom stereocenters. The van der Waals surface area contributed by atoms with Gasteiger partial charge in [0.05, 0.1) is 6.73 Å². The zero-order valence-corrected chi connectivity index (χ0v) is 6.26. The van der Waals surface area contributed by atoms with Crippen LogP contribution in [0.3, 0.4) is 0 Å². The molecule has 0 heterocycles. The Morgan fingerprint density at radius 3 is 2.56 bits per heavy atom. The Bertz CT molecular complexity index is 53.0. The van der Waals surface area contributed by atoms with Gasteiger partial charge < -0.3 is 10.5 Å². The average molecular weight is 132 g/mol. The normalized spacial score (nSPS) is 10.7. The highest BCUT2D eigenvalue weighted by Crippen LogP contribution is 1.83. The van der Waals surface area contributed by atoms with E-state index in [1.165, 1.54) is 0 Å². The molecule has 2 N–H and O–H groups in total. The van der Waals surface area contributed by atoms with E-state index in [9.17, 15) is 0 Å². The Balaban J connectivity index is 3.18. The van der Waals surface area contributed by atoms with Gasteiger partial charge in [0.25, 0.3) is 0 Å². The molecule has 0 aliphatic rings. The Kier molecular flexibility index (Phi) is 5.93. The smallest absolute Gasteiger partial charge is 0.0986 e. The Labute approximate surface area is 56.8 Å². The third-order valence-electron chi connectivity index (χ3n) is 1.20. The molecule has 0 fully saturated rings. The second-order valence-corrected chi connectivity index (χ2v) is 1.92. The summed E-state index contributed by atoms with van der Waals surface area (Å²) in [5.74, 6) is 0. The summed E-state index contributed by atoms with van der Waals surface area (Å²) in [6.45, 7) is 5.41. The van der Waals surface area contributed by atoms with E-state index in [1.807, 2.05) is 0 Å². The first kappa shape index (κ1) is 8.88.